The zero-order valence-corrected chi connectivity index (χ0v) is 17.4. The van der Waals surface area contributed by atoms with E-state index in [9.17, 15) is 0 Å². The van der Waals surface area contributed by atoms with E-state index in [0.29, 0.717) is 17.9 Å². The van der Waals surface area contributed by atoms with Crippen molar-refractivity contribution in [2.45, 2.75) is 45.2 Å². The highest BCUT2D eigenvalue weighted by molar-refractivity contribution is 5.84. The van der Waals surface area contributed by atoms with E-state index in [1.807, 2.05) is 0 Å². The molecule has 2 heterocycles. The first kappa shape index (κ1) is 19.2. The van der Waals surface area contributed by atoms with Gasteiger partial charge < -0.3 is 15.2 Å². The number of likely N-dealkylation sites (tertiary alicyclic amines) is 1. The fraction of sp³-hybridized carbons (Fsp3) is 0.440. The minimum atomic E-state index is 0.525. The number of aromatic amines is 1. The minimum absolute atomic E-state index is 0.525. The summed E-state index contributed by atoms with van der Waals surface area (Å²) >= 11 is 0. The predicted molar refractivity (Wildman–Crippen MR) is 119 cm³/mol. The van der Waals surface area contributed by atoms with Crippen molar-refractivity contribution in [3.05, 3.63) is 71.4 Å². The summed E-state index contributed by atoms with van der Waals surface area (Å²) in [5.41, 5.74) is 5.43. The van der Waals surface area contributed by atoms with Gasteiger partial charge in [-0.1, -0.05) is 56.3 Å². The molecule has 2 N–H and O–H groups in total. The van der Waals surface area contributed by atoms with Gasteiger partial charge in [-0.15, -0.1) is 0 Å². The van der Waals surface area contributed by atoms with Crippen molar-refractivity contribution in [1.29, 1.82) is 0 Å². The van der Waals surface area contributed by atoms with Crippen molar-refractivity contribution >= 4 is 10.9 Å². The van der Waals surface area contributed by atoms with Crippen LogP contribution in [-0.4, -0.2) is 36.1 Å². The van der Waals surface area contributed by atoms with Gasteiger partial charge in [0.25, 0.3) is 0 Å². The number of benzene rings is 2. The highest BCUT2D eigenvalue weighted by Gasteiger charge is 2.27. The van der Waals surface area contributed by atoms with Gasteiger partial charge in [-0.3, -0.25) is 0 Å². The second kappa shape index (κ2) is 8.50. The van der Waals surface area contributed by atoms with Crippen molar-refractivity contribution in [3.63, 3.8) is 0 Å². The lowest BCUT2D eigenvalue weighted by molar-refractivity contribution is 0.162. The summed E-state index contributed by atoms with van der Waals surface area (Å²) < 4.78 is 0. The molecule has 1 aromatic heterocycles. The van der Waals surface area contributed by atoms with Crippen molar-refractivity contribution in [1.82, 2.24) is 15.2 Å². The highest BCUT2D eigenvalue weighted by atomic mass is 15.1. The minimum Gasteiger partial charge on any atom is -0.358 e. The molecule has 2 atom stereocenters. The number of hydrogen-bond acceptors (Lipinski definition) is 2. The molecule has 1 aliphatic heterocycles. The number of H-pyrrole nitrogens is 1. The van der Waals surface area contributed by atoms with E-state index >= 15 is 0 Å². The van der Waals surface area contributed by atoms with Crippen LogP contribution in [0.4, 0.5) is 0 Å². The number of rotatable bonds is 6. The third-order valence-corrected chi connectivity index (χ3v) is 6.23. The molecule has 3 nitrogen and oxygen atoms in total. The van der Waals surface area contributed by atoms with Crippen LogP contribution in [0.3, 0.4) is 0 Å². The fourth-order valence-corrected chi connectivity index (χ4v) is 4.55. The van der Waals surface area contributed by atoms with Crippen LogP contribution in [0.2, 0.25) is 0 Å². The lowest BCUT2D eigenvalue weighted by atomic mass is 9.86. The number of piperidine rings is 1. The lowest BCUT2D eigenvalue weighted by Crippen LogP contribution is -2.48. The predicted octanol–water partition coefficient (Wildman–Crippen LogP) is 4.94. The topological polar surface area (TPSA) is 31.1 Å². The van der Waals surface area contributed by atoms with E-state index in [4.69, 9.17) is 0 Å². The largest absolute Gasteiger partial charge is 0.358 e. The summed E-state index contributed by atoms with van der Waals surface area (Å²) in [5.74, 6) is 1.18. The number of nitrogens with one attached hydrogen (secondary N) is 2. The Kier molecular flexibility index (Phi) is 5.84. The molecule has 28 heavy (non-hydrogen) atoms. The highest BCUT2D eigenvalue weighted by Crippen LogP contribution is 2.25. The quantitative estimate of drug-likeness (QED) is 0.639. The lowest BCUT2D eigenvalue weighted by Gasteiger charge is -2.37. The molecular formula is C25H33N3. The molecule has 0 aliphatic carbocycles. The molecule has 1 saturated heterocycles. The maximum absolute atomic E-state index is 3.92. The van der Waals surface area contributed by atoms with Crippen molar-refractivity contribution in [2.24, 2.45) is 5.92 Å². The smallest absolute Gasteiger partial charge is 0.0459 e. The summed E-state index contributed by atoms with van der Waals surface area (Å²) in [7, 11) is 2.25. The Morgan fingerprint density at radius 1 is 1.11 bits per heavy atom. The molecule has 0 bridgehead atoms. The van der Waals surface area contributed by atoms with Gasteiger partial charge in [-0.2, -0.15) is 0 Å². The molecule has 0 spiro atoms. The van der Waals surface area contributed by atoms with Gasteiger partial charge in [0.1, 0.15) is 0 Å². The van der Waals surface area contributed by atoms with Gasteiger partial charge in [0, 0.05) is 35.7 Å². The normalized spacial score (nSPS) is 20.9. The molecule has 3 heteroatoms. The SMILES string of the molecule is CC(C)c1cc2c(CN[C@H]3CCN(C)C[C@H]3Cc3ccccc3)cccc2[nH]1. The second-order valence-corrected chi connectivity index (χ2v) is 8.75. The fourth-order valence-electron chi connectivity index (χ4n) is 4.55. The van der Waals surface area contributed by atoms with E-state index < -0.39 is 0 Å². The molecule has 0 amide bonds. The summed E-state index contributed by atoms with van der Waals surface area (Å²) in [6.07, 6.45) is 2.36. The number of hydrogen-bond donors (Lipinski definition) is 2. The van der Waals surface area contributed by atoms with Crippen LogP contribution in [0.15, 0.2) is 54.6 Å². The number of nitrogens with zero attached hydrogens (tertiary/aromatic N) is 1. The van der Waals surface area contributed by atoms with Gasteiger partial charge in [0.15, 0.2) is 0 Å². The third-order valence-electron chi connectivity index (χ3n) is 6.23. The third kappa shape index (κ3) is 4.31. The molecule has 1 aliphatic rings. The Bertz CT molecular complexity index is 897. The van der Waals surface area contributed by atoms with Gasteiger partial charge in [0.2, 0.25) is 0 Å². The van der Waals surface area contributed by atoms with Crippen LogP contribution >= 0.6 is 0 Å². The Morgan fingerprint density at radius 2 is 1.93 bits per heavy atom. The average Bonchev–Trinajstić information content (AvgIpc) is 3.14. The number of fused-ring (bicyclic) bond motifs is 1. The van der Waals surface area contributed by atoms with Crippen LogP contribution in [0.1, 0.15) is 43.0 Å². The Balaban J connectivity index is 1.48. The van der Waals surface area contributed by atoms with E-state index in [0.717, 1.165) is 13.0 Å². The molecule has 0 saturated carbocycles. The Morgan fingerprint density at radius 3 is 2.71 bits per heavy atom. The Hall–Kier alpha value is -2.10. The van der Waals surface area contributed by atoms with Crippen LogP contribution < -0.4 is 5.32 Å². The second-order valence-electron chi connectivity index (χ2n) is 8.75. The van der Waals surface area contributed by atoms with E-state index in [2.05, 4.69) is 90.7 Å². The van der Waals surface area contributed by atoms with Crippen molar-refractivity contribution < 1.29 is 0 Å². The Labute approximate surface area is 169 Å². The standard InChI is InChI=1S/C25H33N3/c1-18(2)25-15-22-20(10-7-11-24(22)27-25)16-26-23-12-13-28(3)17-21(23)14-19-8-5-4-6-9-19/h4-11,15,18,21,23,26-27H,12-14,16-17H2,1-3H3/t21-,23+/m1/s1. The summed E-state index contributed by atoms with van der Waals surface area (Å²) in [6.45, 7) is 7.77. The first-order valence-electron chi connectivity index (χ1n) is 10.7. The summed E-state index contributed by atoms with van der Waals surface area (Å²) in [4.78, 5) is 6.07. The van der Waals surface area contributed by atoms with Crippen molar-refractivity contribution in [3.8, 4) is 0 Å². The maximum atomic E-state index is 3.92. The maximum Gasteiger partial charge on any atom is 0.0459 e. The zero-order chi connectivity index (χ0) is 19.5. The molecule has 148 valence electrons. The van der Waals surface area contributed by atoms with Crippen LogP contribution in [-0.2, 0) is 13.0 Å². The van der Waals surface area contributed by atoms with Crippen LogP contribution in [0.25, 0.3) is 10.9 Å². The number of aromatic nitrogens is 1. The van der Waals surface area contributed by atoms with Crippen molar-refractivity contribution in [2.75, 3.05) is 20.1 Å². The zero-order valence-electron chi connectivity index (χ0n) is 17.4. The van der Waals surface area contributed by atoms with E-state index in [1.165, 1.54) is 47.2 Å². The molecular weight excluding hydrogens is 342 g/mol. The van der Waals surface area contributed by atoms with Crippen LogP contribution in [0, 0.1) is 5.92 Å². The molecule has 0 radical (unpaired) electrons. The summed E-state index contributed by atoms with van der Waals surface area (Å²) in [6, 6.07) is 20.5. The monoisotopic (exact) mass is 375 g/mol. The van der Waals surface area contributed by atoms with Crippen LogP contribution in [0.5, 0.6) is 0 Å². The molecule has 4 rings (SSSR count). The molecule has 0 unspecified atom stereocenters. The average molecular weight is 376 g/mol. The van der Waals surface area contributed by atoms with E-state index in [-0.39, 0.29) is 0 Å². The summed E-state index contributed by atoms with van der Waals surface area (Å²) in [5, 5.41) is 5.29. The van der Waals surface area contributed by atoms with E-state index in [1.54, 1.807) is 0 Å². The van der Waals surface area contributed by atoms with Gasteiger partial charge >= 0.3 is 0 Å². The van der Waals surface area contributed by atoms with Gasteiger partial charge in [-0.25, -0.2) is 0 Å². The van der Waals surface area contributed by atoms with Gasteiger partial charge in [-0.05, 0) is 61.5 Å². The first-order chi connectivity index (χ1) is 13.6. The first-order valence-corrected chi connectivity index (χ1v) is 10.7. The molecule has 3 aromatic rings. The molecule has 2 aromatic carbocycles. The molecule has 1 fully saturated rings. The van der Waals surface area contributed by atoms with Gasteiger partial charge in [0.05, 0.1) is 0 Å².